The highest BCUT2D eigenvalue weighted by molar-refractivity contribution is 7.16. The number of carbonyl (C=O) groups excluding carboxylic acids is 1. The molecule has 0 atom stereocenters. The molecular formula is C18H19N5O4S. The van der Waals surface area contributed by atoms with Crippen LogP contribution in [-0.4, -0.2) is 35.7 Å². The van der Waals surface area contributed by atoms with Gasteiger partial charge in [0.25, 0.3) is 11.6 Å². The summed E-state index contributed by atoms with van der Waals surface area (Å²) in [6, 6.07) is 11.9. The van der Waals surface area contributed by atoms with Crippen LogP contribution < -0.4 is 15.5 Å². The third-order valence-corrected chi connectivity index (χ3v) is 5.16. The topological polar surface area (TPSA) is 111 Å². The van der Waals surface area contributed by atoms with Gasteiger partial charge in [-0.3, -0.25) is 14.9 Å². The first-order valence-electron chi connectivity index (χ1n) is 8.41. The molecule has 1 heterocycles. The second kappa shape index (κ2) is 8.63. The molecule has 0 saturated heterocycles. The van der Waals surface area contributed by atoms with E-state index in [4.69, 9.17) is 4.74 Å². The Labute approximate surface area is 164 Å². The highest BCUT2D eigenvalue weighted by atomic mass is 32.1. The molecule has 146 valence electrons. The number of anilines is 1. The molecule has 2 N–H and O–H groups in total. The van der Waals surface area contributed by atoms with Gasteiger partial charge in [0.2, 0.25) is 4.80 Å². The van der Waals surface area contributed by atoms with Gasteiger partial charge in [0.15, 0.2) is 0 Å². The van der Waals surface area contributed by atoms with Crippen molar-refractivity contribution in [1.82, 2.24) is 9.99 Å². The quantitative estimate of drug-likeness (QED) is 0.359. The molecule has 9 nitrogen and oxygen atoms in total. The maximum Gasteiger partial charge on any atom is 0.273 e. The van der Waals surface area contributed by atoms with Crippen molar-refractivity contribution < 1.29 is 14.5 Å². The van der Waals surface area contributed by atoms with Crippen molar-refractivity contribution in [1.29, 1.82) is 0 Å². The molecule has 1 aromatic heterocycles. The first-order valence-corrected chi connectivity index (χ1v) is 9.23. The summed E-state index contributed by atoms with van der Waals surface area (Å²) in [4.78, 5) is 23.8. The van der Waals surface area contributed by atoms with Crippen molar-refractivity contribution in [2.75, 3.05) is 25.6 Å². The fourth-order valence-electron chi connectivity index (χ4n) is 2.62. The number of amides is 1. The maximum atomic E-state index is 12.7. The number of ether oxygens (including phenoxy) is 1. The van der Waals surface area contributed by atoms with Crippen LogP contribution in [0.25, 0.3) is 10.2 Å². The van der Waals surface area contributed by atoms with Crippen LogP contribution in [0.2, 0.25) is 0 Å². The summed E-state index contributed by atoms with van der Waals surface area (Å²) in [6.07, 6.45) is 0. The summed E-state index contributed by atoms with van der Waals surface area (Å²) < 4.78 is 7.89. The number of nitrogens with zero attached hydrogens (tertiary/aromatic N) is 3. The van der Waals surface area contributed by atoms with E-state index >= 15 is 0 Å². The van der Waals surface area contributed by atoms with Crippen LogP contribution in [0, 0.1) is 10.1 Å². The van der Waals surface area contributed by atoms with Crippen LogP contribution in [0.1, 0.15) is 10.4 Å². The van der Waals surface area contributed by atoms with E-state index < -0.39 is 10.8 Å². The van der Waals surface area contributed by atoms with Crippen LogP contribution >= 0.6 is 11.3 Å². The molecule has 0 fully saturated rings. The fraction of sp³-hybridized carbons (Fsp3) is 0.222. The van der Waals surface area contributed by atoms with E-state index in [1.54, 1.807) is 7.11 Å². The second-order valence-electron chi connectivity index (χ2n) is 5.87. The summed E-state index contributed by atoms with van der Waals surface area (Å²) in [7, 11) is 3.42. The van der Waals surface area contributed by atoms with E-state index in [9.17, 15) is 14.9 Å². The molecule has 10 heteroatoms. The zero-order chi connectivity index (χ0) is 20.1. The van der Waals surface area contributed by atoms with E-state index in [1.165, 1.54) is 29.5 Å². The number of nitrogens with one attached hydrogen (secondary N) is 2. The van der Waals surface area contributed by atoms with Gasteiger partial charge in [-0.25, -0.2) is 5.43 Å². The van der Waals surface area contributed by atoms with E-state index in [2.05, 4.69) is 15.8 Å². The Morgan fingerprint density at radius 3 is 2.82 bits per heavy atom. The molecular weight excluding hydrogens is 382 g/mol. The summed E-state index contributed by atoms with van der Waals surface area (Å²) in [5.41, 5.74) is 3.93. The van der Waals surface area contributed by atoms with Crippen molar-refractivity contribution >= 4 is 38.8 Å². The van der Waals surface area contributed by atoms with Gasteiger partial charge in [-0.1, -0.05) is 23.5 Å². The summed E-state index contributed by atoms with van der Waals surface area (Å²) >= 11 is 1.43. The van der Waals surface area contributed by atoms with E-state index in [-0.39, 0.29) is 11.3 Å². The third-order valence-electron chi connectivity index (χ3n) is 4.05. The molecule has 0 aliphatic heterocycles. The molecule has 0 radical (unpaired) electrons. The fourth-order valence-corrected chi connectivity index (χ4v) is 3.60. The molecule has 2 aromatic carbocycles. The molecule has 0 unspecified atom stereocenters. The number of para-hydroxylation sites is 1. The maximum absolute atomic E-state index is 12.7. The van der Waals surface area contributed by atoms with Gasteiger partial charge in [-0.2, -0.15) is 0 Å². The van der Waals surface area contributed by atoms with E-state index in [0.717, 1.165) is 10.2 Å². The number of rotatable bonds is 7. The Hall–Kier alpha value is -3.24. The Kier molecular flexibility index (Phi) is 6.02. The minimum absolute atomic E-state index is 0.137. The summed E-state index contributed by atoms with van der Waals surface area (Å²) in [6.45, 7) is 0.886. The minimum Gasteiger partial charge on any atom is -0.383 e. The van der Waals surface area contributed by atoms with Crippen molar-refractivity contribution in [3.8, 4) is 0 Å². The molecule has 3 aromatic rings. The molecule has 0 saturated carbocycles. The molecule has 0 aliphatic carbocycles. The lowest BCUT2D eigenvalue weighted by molar-refractivity contribution is -0.384. The van der Waals surface area contributed by atoms with Crippen LogP contribution in [0.5, 0.6) is 0 Å². The zero-order valence-corrected chi connectivity index (χ0v) is 16.2. The smallest absolute Gasteiger partial charge is 0.273 e. The van der Waals surface area contributed by atoms with Crippen LogP contribution in [0.15, 0.2) is 47.6 Å². The Morgan fingerprint density at radius 2 is 2.11 bits per heavy atom. The lowest BCUT2D eigenvalue weighted by Gasteiger charge is -2.10. The van der Waals surface area contributed by atoms with Gasteiger partial charge in [0.05, 0.1) is 27.3 Å². The first-order chi connectivity index (χ1) is 13.5. The van der Waals surface area contributed by atoms with Gasteiger partial charge < -0.3 is 14.6 Å². The SMILES string of the molecule is COCCNc1ccc([N+](=O)[O-])cc1C(=O)N/N=c1\sc2ccccc2n1C. The van der Waals surface area contributed by atoms with Gasteiger partial charge in [-0.15, -0.1) is 5.10 Å². The predicted molar refractivity (Wildman–Crippen MR) is 107 cm³/mol. The number of fused-ring (bicyclic) bond motifs is 1. The third kappa shape index (κ3) is 4.18. The number of methoxy groups -OCH3 is 1. The molecule has 0 aliphatic rings. The minimum atomic E-state index is -0.543. The summed E-state index contributed by atoms with van der Waals surface area (Å²) in [5.74, 6) is -0.541. The van der Waals surface area contributed by atoms with Crippen molar-refractivity contribution in [3.05, 3.63) is 62.9 Å². The number of nitro groups is 1. The molecule has 3 rings (SSSR count). The van der Waals surface area contributed by atoms with Crippen molar-refractivity contribution in [2.24, 2.45) is 12.1 Å². The molecule has 0 bridgehead atoms. The number of aryl methyl sites for hydroxylation is 1. The average Bonchev–Trinajstić information content (AvgIpc) is 3.02. The largest absolute Gasteiger partial charge is 0.383 e. The van der Waals surface area contributed by atoms with Gasteiger partial charge in [0, 0.05) is 38.5 Å². The predicted octanol–water partition coefficient (Wildman–Crippen LogP) is 2.45. The van der Waals surface area contributed by atoms with Crippen molar-refractivity contribution in [3.63, 3.8) is 0 Å². The van der Waals surface area contributed by atoms with Crippen LogP contribution in [0.4, 0.5) is 11.4 Å². The normalized spacial score (nSPS) is 11.6. The number of nitro benzene ring substituents is 1. The number of benzene rings is 2. The molecule has 0 spiro atoms. The average molecular weight is 401 g/mol. The van der Waals surface area contributed by atoms with E-state index in [0.29, 0.717) is 23.6 Å². The van der Waals surface area contributed by atoms with Crippen LogP contribution in [0.3, 0.4) is 0 Å². The molecule has 28 heavy (non-hydrogen) atoms. The Bertz CT molecular complexity index is 1090. The summed E-state index contributed by atoms with van der Waals surface area (Å²) in [5, 5.41) is 18.3. The standard InChI is InChI=1S/C18H19N5O4S/c1-22-15-5-3-4-6-16(15)28-18(22)21-20-17(24)13-11-12(23(25)26)7-8-14(13)19-9-10-27-2/h3-8,11,19H,9-10H2,1-2H3,(H,20,24)/b21-18-. The number of hydrogen-bond donors (Lipinski definition) is 2. The first kappa shape index (κ1) is 19.5. The van der Waals surface area contributed by atoms with E-state index in [1.807, 2.05) is 35.9 Å². The molecule has 1 amide bonds. The highest BCUT2D eigenvalue weighted by Crippen LogP contribution is 2.22. The van der Waals surface area contributed by atoms with Gasteiger partial charge in [-0.05, 0) is 18.2 Å². The monoisotopic (exact) mass is 401 g/mol. The lowest BCUT2D eigenvalue weighted by Crippen LogP contribution is -2.24. The number of non-ortho nitro benzene ring substituents is 1. The van der Waals surface area contributed by atoms with Gasteiger partial charge in [0.1, 0.15) is 0 Å². The lowest BCUT2D eigenvalue weighted by atomic mass is 10.1. The van der Waals surface area contributed by atoms with Crippen molar-refractivity contribution in [2.45, 2.75) is 0 Å². The number of carbonyl (C=O) groups is 1. The van der Waals surface area contributed by atoms with Gasteiger partial charge >= 0.3 is 0 Å². The Balaban J connectivity index is 1.90. The second-order valence-corrected chi connectivity index (χ2v) is 6.88. The Morgan fingerprint density at radius 1 is 1.32 bits per heavy atom. The van der Waals surface area contributed by atoms with Crippen LogP contribution in [-0.2, 0) is 11.8 Å². The zero-order valence-electron chi connectivity index (χ0n) is 15.3. The number of aromatic nitrogens is 1. The highest BCUT2D eigenvalue weighted by Gasteiger charge is 2.16. The number of thiazole rings is 1. The number of hydrogen-bond acceptors (Lipinski definition) is 7.